The van der Waals surface area contributed by atoms with Crippen molar-refractivity contribution < 1.29 is 28.5 Å². The summed E-state index contributed by atoms with van der Waals surface area (Å²) in [6, 6.07) is 6.16. The third kappa shape index (κ3) is 6.41. The van der Waals surface area contributed by atoms with E-state index in [0.29, 0.717) is 6.61 Å². The Morgan fingerprint density at radius 1 is 1.07 bits per heavy atom. The third-order valence-corrected chi connectivity index (χ3v) is 3.08. The number of hydrogen-bond acceptors (Lipinski definition) is 9. The van der Waals surface area contributed by atoms with Crippen molar-refractivity contribution in [1.82, 2.24) is 15.0 Å². The number of benzene rings is 1. The van der Waals surface area contributed by atoms with Crippen molar-refractivity contribution in [2.24, 2.45) is 0 Å². The van der Waals surface area contributed by atoms with Crippen molar-refractivity contribution in [3.8, 4) is 29.5 Å². The predicted molar refractivity (Wildman–Crippen MR) is 93.6 cm³/mol. The van der Waals surface area contributed by atoms with E-state index in [1.54, 1.807) is 31.2 Å². The Labute approximate surface area is 156 Å². The molecule has 9 nitrogen and oxygen atoms in total. The van der Waals surface area contributed by atoms with E-state index in [1.165, 1.54) is 5.94 Å². The van der Waals surface area contributed by atoms with E-state index in [2.05, 4.69) is 15.0 Å². The summed E-state index contributed by atoms with van der Waals surface area (Å²) in [5, 5.41) is 0. The van der Waals surface area contributed by atoms with Gasteiger partial charge in [-0.05, 0) is 18.6 Å². The molecule has 0 N–H and O–H groups in total. The Balaban J connectivity index is 2.28. The van der Waals surface area contributed by atoms with Gasteiger partial charge in [0.1, 0.15) is 0 Å². The molecule has 1 aromatic heterocycles. The number of unbranched alkanes of at least 4 members (excludes halogenated alkanes) is 1. The molecule has 0 unspecified atom stereocenters. The summed E-state index contributed by atoms with van der Waals surface area (Å²) in [5.74, 6) is 1.49. The highest BCUT2D eigenvalue weighted by molar-refractivity contribution is 5.71. The largest absolute Gasteiger partial charge is 0.463 e. The van der Waals surface area contributed by atoms with Crippen molar-refractivity contribution >= 4 is 11.9 Å². The topological polar surface area (TPSA) is 110 Å². The second-order valence-corrected chi connectivity index (χ2v) is 5.12. The molecule has 142 valence electrons. The highest BCUT2D eigenvalue weighted by atomic mass is 16.6. The predicted octanol–water partition coefficient (Wildman–Crippen LogP) is 2.88. The second kappa shape index (κ2) is 10.5. The lowest BCUT2D eigenvalue weighted by Crippen LogP contribution is -2.11. The molecule has 0 atom stereocenters. The van der Waals surface area contributed by atoms with Crippen LogP contribution in [0, 0.1) is 0 Å². The van der Waals surface area contributed by atoms with Gasteiger partial charge >= 0.3 is 24.0 Å². The number of ether oxygens (including phenoxy) is 4. The first-order valence-electron chi connectivity index (χ1n) is 8.38. The monoisotopic (exact) mass is 373 g/mol. The Bertz CT molecular complexity index is 820. The van der Waals surface area contributed by atoms with E-state index in [4.69, 9.17) is 18.9 Å². The van der Waals surface area contributed by atoms with Crippen LogP contribution < -0.4 is 18.9 Å². The number of rotatable bonds is 10. The van der Waals surface area contributed by atoms with E-state index >= 15 is 0 Å². The number of carbonyl (C=O) groups excluding carboxylic acids is 2. The second-order valence-electron chi connectivity index (χ2n) is 5.12. The quantitative estimate of drug-likeness (QED) is 0.269. The van der Waals surface area contributed by atoms with E-state index < -0.39 is 5.97 Å². The average Bonchev–Trinajstić information content (AvgIpc) is 2.67. The van der Waals surface area contributed by atoms with Crippen molar-refractivity contribution in [1.29, 1.82) is 0 Å². The van der Waals surface area contributed by atoms with E-state index in [1.807, 2.05) is 6.92 Å². The molecule has 0 spiro atoms. The summed E-state index contributed by atoms with van der Waals surface area (Å²) < 4.78 is 21.2. The van der Waals surface area contributed by atoms with Crippen molar-refractivity contribution in [3.63, 3.8) is 0 Å². The van der Waals surface area contributed by atoms with Crippen molar-refractivity contribution in [2.45, 2.75) is 33.1 Å². The normalized spacial score (nSPS) is 9.85. The number of para-hydroxylation sites is 2. The molecule has 2 rings (SSSR count). The van der Waals surface area contributed by atoms with Crippen LogP contribution in [0.4, 0.5) is 0 Å². The molecule has 2 aromatic rings. The number of esters is 1. The van der Waals surface area contributed by atoms with Gasteiger partial charge in [-0.2, -0.15) is 0 Å². The minimum absolute atomic E-state index is 0.0291. The number of hydrogen-bond donors (Lipinski definition) is 0. The van der Waals surface area contributed by atoms with Crippen LogP contribution >= 0.6 is 0 Å². The van der Waals surface area contributed by atoms with Gasteiger partial charge in [0.25, 0.3) is 0 Å². The molecule has 9 heteroatoms. The standard InChI is InChI=1S/C18H19N3O6/c1-3-5-11-25-16-19-17(21-18(20-16)27-15(23)4-2)26-14-9-7-6-8-13(14)24-12-10-22/h6-9,12H,3-5,11H2,1-2H3. The summed E-state index contributed by atoms with van der Waals surface area (Å²) in [6.45, 7) is 4.06. The van der Waals surface area contributed by atoms with Gasteiger partial charge in [-0.25, -0.2) is 4.79 Å². The SMILES string of the molecule is CCCCOc1nc(OC(=O)CC)nc(Oc2ccccc2OC=C=O)n1. The molecule has 1 aromatic carbocycles. The first kappa shape index (κ1) is 19.9. The molecule has 0 bridgehead atoms. The van der Waals surface area contributed by atoms with Crippen LogP contribution in [0.1, 0.15) is 33.1 Å². The van der Waals surface area contributed by atoms with Crippen molar-refractivity contribution in [2.75, 3.05) is 6.61 Å². The molecular formula is C18H19N3O6. The minimum Gasteiger partial charge on any atom is -0.463 e. The summed E-state index contributed by atoms with van der Waals surface area (Å²) in [5.41, 5.74) is 0. The first-order valence-corrected chi connectivity index (χ1v) is 8.38. The fourth-order valence-electron chi connectivity index (χ4n) is 1.78. The molecule has 0 amide bonds. The van der Waals surface area contributed by atoms with Gasteiger partial charge in [0.05, 0.1) is 6.61 Å². The van der Waals surface area contributed by atoms with Crippen LogP contribution in [-0.4, -0.2) is 33.5 Å². The Hall–Kier alpha value is -3.45. The van der Waals surface area contributed by atoms with E-state index in [-0.39, 0.29) is 36.0 Å². The van der Waals surface area contributed by atoms with Crippen LogP contribution in [0.15, 0.2) is 30.5 Å². The summed E-state index contributed by atoms with van der Waals surface area (Å²) >= 11 is 0. The van der Waals surface area contributed by atoms with E-state index in [9.17, 15) is 9.59 Å². The van der Waals surface area contributed by atoms with Gasteiger partial charge in [0.2, 0.25) is 0 Å². The van der Waals surface area contributed by atoms with Crippen LogP contribution in [0.2, 0.25) is 0 Å². The molecule has 0 fully saturated rings. The lowest BCUT2D eigenvalue weighted by Gasteiger charge is -2.10. The zero-order chi connectivity index (χ0) is 19.5. The zero-order valence-electron chi connectivity index (χ0n) is 15.0. The van der Waals surface area contributed by atoms with Gasteiger partial charge < -0.3 is 18.9 Å². The molecule has 1 heterocycles. The smallest absolute Gasteiger partial charge is 0.333 e. The third-order valence-electron chi connectivity index (χ3n) is 3.08. The van der Waals surface area contributed by atoms with Gasteiger partial charge in [-0.1, -0.05) is 32.4 Å². The fourth-order valence-corrected chi connectivity index (χ4v) is 1.78. The summed E-state index contributed by atoms with van der Waals surface area (Å²) in [7, 11) is 0. The molecule has 0 radical (unpaired) electrons. The Morgan fingerprint density at radius 3 is 2.48 bits per heavy atom. The van der Waals surface area contributed by atoms with Crippen LogP contribution in [0.5, 0.6) is 29.5 Å². The van der Waals surface area contributed by atoms with Crippen LogP contribution in [-0.2, 0) is 9.59 Å². The molecule has 0 aliphatic rings. The maximum atomic E-state index is 11.5. The molecule has 0 aliphatic carbocycles. The van der Waals surface area contributed by atoms with Crippen LogP contribution in [0.25, 0.3) is 0 Å². The Kier molecular flexibility index (Phi) is 7.74. The van der Waals surface area contributed by atoms with Crippen molar-refractivity contribution in [3.05, 3.63) is 30.5 Å². The lowest BCUT2D eigenvalue weighted by atomic mass is 10.3. The minimum atomic E-state index is -0.508. The number of aromatic nitrogens is 3. The maximum absolute atomic E-state index is 11.5. The van der Waals surface area contributed by atoms with E-state index in [0.717, 1.165) is 19.1 Å². The molecular weight excluding hydrogens is 354 g/mol. The fraction of sp³-hybridized carbons (Fsp3) is 0.333. The summed E-state index contributed by atoms with van der Waals surface area (Å²) in [4.78, 5) is 33.8. The number of carbonyl (C=O) groups is 1. The average molecular weight is 373 g/mol. The molecule has 0 saturated carbocycles. The highest BCUT2D eigenvalue weighted by Gasteiger charge is 2.15. The van der Waals surface area contributed by atoms with Gasteiger partial charge in [-0.3, -0.25) is 4.79 Å². The lowest BCUT2D eigenvalue weighted by molar-refractivity contribution is -0.134. The first-order chi connectivity index (χ1) is 13.2. The highest BCUT2D eigenvalue weighted by Crippen LogP contribution is 2.30. The zero-order valence-corrected chi connectivity index (χ0v) is 15.0. The Morgan fingerprint density at radius 2 is 1.78 bits per heavy atom. The van der Waals surface area contributed by atoms with Gasteiger partial charge in [0, 0.05) is 6.42 Å². The maximum Gasteiger partial charge on any atom is 0.333 e. The molecule has 27 heavy (non-hydrogen) atoms. The molecule has 0 saturated heterocycles. The number of nitrogens with zero attached hydrogens (tertiary/aromatic N) is 3. The molecule has 0 aliphatic heterocycles. The van der Waals surface area contributed by atoms with Gasteiger partial charge in [0.15, 0.2) is 23.7 Å². The van der Waals surface area contributed by atoms with Gasteiger partial charge in [-0.15, -0.1) is 15.0 Å². The summed E-state index contributed by atoms with van der Waals surface area (Å²) in [6.07, 6.45) is 2.74. The van der Waals surface area contributed by atoms with Crippen LogP contribution in [0.3, 0.4) is 0 Å².